The average Bonchev–Trinajstić information content (AvgIpc) is 2.74. The molecule has 19 heavy (non-hydrogen) atoms. The zero-order valence-corrected chi connectivity index (χ0v) is 9.65. The van der Waals surface area contributed by atoms with E-state index in [9.17, 15) is 14.9 Å². The van der Waals surface area contributed by atoms with Gasteiger partial charge in [-0.1, -0.05) is 0 Å². The molecule has 2 heterocycles. The van der Waals surface area contributed by atoms with Crippen molar-refractivity contribution < 1.29 is 19.6 Å². The number of ether oxygens (including phenoxy) is 1. The molecule has 0 saturated heterocycles. The van der Waals surface area contributed by atoms with Gasteiger partial charge in [-0.05, 0) is 6.92 Å². The number of H-pyrrole nitrogens is 1. The predicted octanol–water partition coefficient (Wildman–Crippen LogP) is 1.51. The van der Waals surface area contributed by atoms with Crippen molar-refractivity contribution in [1.82, 2.24) is 15.2 Å². The number of pyridine rings is 1. The first kappa shape index (κ1) is 12.5. The van der Waals surface area contributed by atoms with Gasteiger partial charge >= 0.3 is 11.7 Å². The minimum absolute atomic E-state index is 0.0884. The molecule has 0 aliphatic heterocycles. The summed E-state index contributed by atoms with van der Waals surface area (Å²) in [5, 5.41) is 25.9. The number of rotatable bonds is 4. The number of carboxylic acid groups (broad SMARTS) is 1. The highest BCUT2D eigenvalue weighted by Gasteiger charge is 2.21. The fourth-order valence-corrected chi connectivity index (χ4v) is 1.35. The van der Waals surface area contributed by atoms with Crippen LogP contribution in [0.15, 0.2) is 18.3 Å². The Labute approximate surface area is 106 Å². The molecule has 2 N–H and O–H groups in total. The van der Waals surface area contributed by atoms with Gasteiger partial charge in [0, 0.05) is 17.8 Å². The second-order valence-electron chi connectivity index (χ2n) is 3.59. The van der Waals surface area contributed by atoms with Gasteiger partial charge in [-0.2, -0.15) is 0 Å². The third-order valence-corrected chi connectivity index (χ3v) is 2.18. The van der Waals surface area contributed by atoms with Crippen LogP contribution in [0.2, 0.25) is 0 Å². The molecule has 0 fully saturated rings. The highest BCUT2D eigenvalue weighted by atomic mass is 16.6. The van der Waals surface area contributed by atoms with Crippen LogP contribution in [0.3, 0.4) is 0 Å². The van der Waals surface area contributed by atoms with Crippen molar-refractivity contribution in [1.29, 1.82) is 0 Å². The Hall–Kier alpha value is -2.97. The molecule has 2 aromatic heterocycles. The number of carbonyl (C=O) groups is 1. The third-order valence-electron chi connectivity index (χ3n) is 2.18. The van der Waals surface area contributed by atoms with Crippen LogP contribution < -0.4 is 4.74 Å². The van der Waals surface area contributed by atoms with Crippen molar-refractivity contribution in [3.05, 3.63) is 39.7 Å². The molecule has 0 bridgehead atoms. The number of carboxylic acids is 1. The fourth-order valence-electron chi connectivity index (χ4n) is 1.35. The number of nitro groups is 1. The maximum Gasteiger partial charge on any atom is 0.342 e. The van der Waals surface area contributed by atoms with E-state index < -0.39 is 22.1 Å². The lowest BCUT2D eigenvalue weighted by Crippen LogP contribution is -2.04. The maximum atomic E-state index is 10.9. The van der Waals surface area contributed by atoms with E-state index in [2.05, 4.69) is 15.2 Å². The van der Waals surface area contributed by atoms with E-state index >= 15 is 0 Å². The lowest BCUT2D eigenvalue weighted by Gasteiger charge is -2.02. The largest absolute Gasteiger partial charge is 0.477 e. The smallest absolute Gasteiger partial charge is 0.342 e. The van der Waals surface area contributed by atoms with E-state index in [1.54, 1.807) is 13.0 Å². The Morgan fingerprint density at radius 2 is 2.21 bits per heavy atom. The molecule has 0 unspecified atom stereocenters. The summed E-state index contributed by atoms with van der Waals surface area (Å²) in [5.74, 6) is -1.33. The van der Waals surface area contributed by atoms with Crippen molar-refractivity contribution in [2.24, 2.45) is 0 Å². The number of aromatic nitrogens is 3. The van der Waals surface area contributed by atoms with Gasteiger partial charge in [-0.25, -0.2) is 9.78 Å². The van der Waals surface area contributed by atoms with E-state index in [0.717, 1.165) is 18.0 Å². The maximum absolute atomic E-state index is 10.9. The van der Waals surface area contributed by atoms with Gasteiger partial charge in [0.05, 0.1) is 4.92 Å². The molecule has 9 nitrogen and oxygen atoms in total. The van der Waals surface area contributed by atoms with Gasteiger partial charge in [0.15, 0.2) is 0 Å². The van der Waals surface area contributed by atoms with Gasteiger partial charge in [-0.3, -0.25) is 15.2 Å². The van der Waals surface area contributed by atoms with Crippen molar-refractivity contribution in [2.45, 2.75) is 6.92 Å². The first-order valence-electron chi connectivity index (χ1n) is 5.05. The second kappa shape index (κ2) is 4.72. The molecule has 0 atom stereocenters. The third kappa shape index (κ3) is 2.65. The minimum atomic E-state index is -1.43. The lowest BCUT2D eigenvalue weighted by molar-refractivity contribution is -0.385. The van der Waals surface area contributed by atoms with Crippen LogP contribution in [0.25, 0.3) is 0 Å². The summed E-state index contributed by atoms with van der Waals surface area (Å²) in [6, 6.07) is 2.55. The van der Waals surface area contributed by atoms with Crippen LogP contribution >= 0.6 is 0 Å². The standard InChI is InChI=1S/C10H8N4O5/c1-5-2-9(13-12-5)19-8-3-6(10(15)16)7(4-11-8)14(17)18/h2-4H,1H3,(H,12,13)(H,15,16). The average molecular weight is 264 g/mol. The monoisotopic (exact) mass is 264 g/mol. The van der Waals surface area contributed by atoms with Gasteiger partial charge in [-0.15, -0.1) is 5.10 Å². The molecule has 0 amide bonds. The Morgan fingerprint density at radius 3 is 2.74 bits per heavy atom. The van der Waals surface area contributed by atoms with Crippen LogP contribution in [0.5, 0.6) is 11.8 Å². The summed E-state index contributed by atoms with van der Waals surface area (Å²) in [4.78, 5) is 24.4. The molecule has 9 heteroatoms. The van der Waals surface area contributed by atoms with Crippen LogP contribution in [-0.4, -0.2) is 31.2 Å². The van der Waals surface area contributed by atoms with Gasteiger partial charge in [0.1, 0.15) is 11.8 Å². The van der Waals surface area contributed by atoms with Crippen LogP contribution in [-0.2, 0) is 0 Å². The molecular formula is C10H8N4O5. The first-order valence-corrected chi connectivity index (χ1v) is 5.05. The summed E-state index contributed by atoms with van der Waals surface area (Å²) >= 11 is 0. The lowest BCUT2D eigenvalue weighted by atomic mass is 10.2. The molecule has 0 aromatic carbocycles. The minimum Gasteiger partial charge on any atom is -0.477 e. The normalized spacial score (nSPS) is 10.2. The Bertz CT molecular complexity index is 651. The number of aromatic amines is 1. The number of aromatic carboxylic acids is 1. The quantitative estimate of drug-likeness (QED) is 0.631. The molecule has 2 rings (SSSR count). The molecule has 2 aromatic rings. The van der Waals surface area contributed by atoms with E-state index in [0.29, 0.717) is 0 Å². The molecule has 0 saturated carbocycles. The van der Waals surface area contributed by atoms with E-state index in [1.165, 1.54) is 0 Å². The number of hydrogen-bond acceptors (Lipinski definition) is 6. The number of nitrogens with zero attached hydrogens (tertiary/aromatic N) is 3. The highest BCUT2D eigenvalue weighted by Crippen LogP contribution is 2.24. The van der Waals surface area contributed by atoms with Crippen molar-refractivity contribution in [3.63, 3.8) is 0 Å². The van der Waals surface area contributed by atoms with Gasteiger partial charge < -0.3 is 9.84 Å². The zero-order valence-electron chi connectivity index (χ0n) is 9.65. The second-order valence-corrected chi connectivity index (χ2v) is 3.59. The Kier molecular flexibility index (Phi) is 3.10. The predicted molar refractivity (Wildman–Crippen MR) is 61.2 cm³/mol. The van der Waals surface area contributed by atoms with E-state index in [1.807, 2.05) is 0 Å². The fraction of sp³-hybridized carbons (Fsp3) is 0.100. The Morgan fingerprint density at radius 1 is 1.47 bits per heavy atom. The van der Waals surface area contributed by atoms with Crippen molar-refractivity contribution in [3.8, 4) is 11.8 Å². The SMILES string of the molecule is Cc1cc(Oc2cc(C(=O)O)c([N+](=O)[O-])cn2)n[nH]1. The van der Waals surface area contributed by atoms with Crippen molar-refractivity contribution in [2.75, 3.05) is 0 Å². The van der Waals surface area contributed by atoms with E-state index in [4.69, 9.17) is 9.84 Å². The van der Waals surface area contributed by atoms with Crippen LogP contribution in [0.1, 0.15) is 16.1 Å². The van der Waals surface area contributed by atoms with E-state index in [-0.39, 0.29) is 11.8 Å². The number of hydrogen-bond donors (Lipinski definition) is 2. The summed E-state index contributed by atoms with van der Waals surface area (Å²) in [5.41, 5.74) is -0.351. The molecule has 98 valence electrons. The van der Waals surface area contributed by atoms with Crippen LogP contribution in [0, 0.1) is 17.0 Å². The summed E-state index contributed by atoms with van der Waals surface area (Å²) in [7, 11) is 0. The first-order chi connectivity index (χ1) is 8.97. The van der Waals surface area contributed by atoms with Gasteiger partial charge in [0.2, 0.25) is 11.8 Å². The topological polar surface area (TPSA) is 131 Å². The zero-order chi connectivity index (χ0) is 14.0. The van der Waals surface area contributed by atoms with Crippen molar-refractivity contribution >= 4 is 11.7 Å². The molecule has 0 radical (unpaired) electrons. The Balaban J connectivity index is 2.35. The molecule has 0 aliphatic rings. The van der Waals surface area contributed by atoms with Crippen LogP contribution in [0.4, 0.5) is 5.69 Å². The number of aryl methyl sites for hydroxylation is 1. The molecule has 0 spiro atoms. The molecule has 0 aliphatic carbocycles. The highest BCUT2D eigenvalue weighted by molar-refractivity contribution is 5.92. The number of nitrogens with one attached hydrogen (secondary N) is 1. The summed E-state index contributed by atoms with van der Waals surface area (Å²) < 4.78 is 5.19. The van der Waals surface area contributed by atoms with Gasteiger partial charge in [0.25, 0.3) is 0 Å². The summed E-state index contributed by atoms with van der Waals surface area (Å²) in [6.45, 7) is 1.76. The summed E-state index contributed by atoms with van der Waals surface area (Å²) in [6.07, 6.45) is 0.832. The molecular weight excluding hydrogens is 256 g/mol.